The number of nitrogens with zero attached hydrogens (tertiary/aromatic N) is 1. The molecule has 2 aliphatic rings. The van der Waals surface area contributed by atoms with Crippen molar-refractivity contribution in [3.05, 3.63) is 0 Å². The zero-order valence-corrected chi connectivity index (χ0v) is 10.3. The highest BCUT2D eigenvalue weighted by molar-refractivity contribution is 4.91. The predicted molar refractivity (Wildman–Crippen MR) is 65.0 cm³/mol. The Balaban J connectivity index is 1.63. The van der Waals surface area contributed by atoms with Crippen LogP contribution in [0, 0.1) is 11.8 Å². The van der Waals surface area contributed by atoms with E-state index >= 15 is 0 Å². The molecule has 2 nitrogen and oxygen atoms in total. The van der Waals surface area contributed by atoms with Gasteiger partial charge in [-0.1, -0.05) is 13.8 Å². The summed E-state index contributed by atoms with van der Waals surface area (Å²) in [6.07, 6.45) is 5.71. The van der Waals surface area contributed by atoms with Gasteiger partial charge in [0.05, 0.1) is 0 Å². The highest BCUT2D eigenvalue weighted by atomic mass is 15.2. The average molecular weight is 210 g/mol. The van der Waals surface area contributed by atoms with E-state index < -0.39 is 0 Å². The third-order valence-electron chi connectivity index (χ3n) is 3.74. The van der Waals surface area contributed by atoms with Gasteiger partial charge in [-0.25, -0.2) is 0 Å². The summed E-state index contributed by atoms with van der Waals surface area (Å²) >= 11 is 0. The van der Waals surface area contributed by atoms with Crippen LogP contribution in [0.4, 0.5) is 0 Å². The first kappa shape index (κ1) is 11.4. The number of nitrogens with one attached hydrogen (secondary N) is 1. The second kappa shape index (κ2) is 5.31. The van der Waals surface area contributed by atoms with Crippen LogP contribution in [-0.2, 0) is 0 Å². The van der Waals surface area contributed by atoms with Gasteiger partial charge >= 0.3 is 0 Å². The Morgan fingerprint density at radius 2 is 2.13 bits per heavy atom. The fraction of sp³-hybridized carbons (Fsp3) is 1.00. The van der Waals surface area contributed by atoms with E-state index in [0.717, 1.165) is 17.9 Å². The lowest BCUT2D eigenvalue weighted by atomic mass is 10.1. The second-order valence-electron chi connectivity index (χ2n) is 5.73. The molecule has 1 unspecified atom stereocenters. The molecule has 15 heavy (non-hydrogen) atoms. The Labute approximate surface area is 94.4 Å². The molecule has 0 aromatic heterocycles. The van der Waals surface area contributed by atoms with Crippen LogP contribution in [0.3, 0.4) is 0 Å². The van der Waals surface area contributed by atoms with Crippen LogP contribution in [0.5, 0.6) is 0 Å². The van der Waals surface area contributed by atoms with Crippen LogP contribution in [0.15, 0.2) is 0 Å². The quantitative estimate of drug-likeness (QED) is 0.747. The maximum absolute atomic E-state index is 3.67. The second-order valence-corrected chi connectivity index (χ2v) is 5.73. The molecule has 1 aliphatic carbocycles. The SMILES string of the molecule is CC(C)CCCN1CCNC(C2CC2)C1. The molecule has 1 saturated heterocycles. The van der Waals surface area contributed by atoms with E-state index in [1.165, 1.54) is 51.9 Å². The molecular formula is C13H26N2. The smallest absolute Gasteiger partial charge is 0.0223 e. The maximum Gasteiger partial charge on any atom is 0.0223 e. The lowest BCUT2D eigenvalue weighted by Gasteiger charge is -2.34. The van der Waals surface area contributed by atoms with Crippen molar-refractivity contribution in [1.82, 2.24) is 10.2 Å². The van der Waals surface area contributed by atoms with E-state index in [-0.39, 0.29) is 0 Å². The van der Waals surface area contributed by atoms with Gasteiger partial charge in [-0.3, -0.25) is 0 Å². The van der Waals surface area contributed by atoms with Crippen LogP contribution in [-0.4, -0.2) is 37.1 Å². The summed E-state index contributed by atoms with van der Waals surface area (Å²) in [6.45, 7) is 9.76. The molecule has 0 radical (unpaired) electrons. The topological polar surface area (TPSA) is 15.3 Å². The first-order valence-corrected chi connectivity index (χ1v) is 6.71. The third kappa shape index (κ3) is 3.76. The van der Waals surface area contributed by atoms with Crippen LogP contribution in [0.1, 0.15) is 39.5 Å². The van der Waals surface area contributed by atoms with Crippen LogP contribution in [0.25, 0.3) is 0 Å². The Morgan fingerprint density at radius 3 is 2.80 bits per heavy atom. The molecule has 0 spiro atoms. The van der Waals surface area contributed by atoms with Crippen molar-refractivity contribution in [3.8, 4) is 0 Å². The standard InChI is InChI=1S/C13H26N2/c1-11(2)4-3-8-15-9-7-14-13(10-15)12-5-6-12/h11-14H,3-10H2,1-2H3. The van der Waals surface area contributed by atoms with Gasteiger partial charge in [-0.05, 0) is 44.1 Å². The normalized spacial score (nSPS) is 28.6. The Hall–Kier alpha value is -0.0800. The summed E-state index contributed by atoms with van der Waals surface area (Å²) in [5, 5.41) is 3.67. The van der Waals surface area contributed by atoms with Gasteiger partial charge in [0.1, 0.15) is 0 Å². The zero-order valence-electron chi connectivity index (χ0n) is 10.3. The zero-order chi connectivity index (χ0) is 10.7. The van der Waals surface area contributed by atoms with Gasteiger partial charge < -0.3 is 10.2 Å². The highest BCUT2D eigenvalue weighted by Crippen LogP contribution is 2.33. The Kier molecular flexibility index (Phi) is 4.04. The van der Waals surface area contributed by atoms with Crippen molar-refractivity contribution in [2.45, 2.75) is 45.6 Å². The van der Waals surface area contributed by atoms with Crippen LogP contribution < -0.4 is 5.32 Å². The number of piperazine rings is 1. The fourth-order valence-electron chi connectivity index (χ4n) is 2.58. The van der Waals surface area contributed by atoms with Gasteiger partial charge in [0.15, 0.2) is 0 Å². The fourth-order valence-corrected chi connectivity index (χ4v) is 2.58. The van der Waals surface area contributed by atoms with Gasteiger partial charge in [0.2, 0.25) is 0 Å². The summed E-state index contributed by atoms with van der Waals surface area (Å²) in [7, 11) is 0. The minimum absolute atomic E-state index is 0.817. The van der Waals surface area contributed by atoms with Crippen molar-refractivity contribution in [3.63, 3.8) is 0 Å². The first-order valence-electron chi connectivity index (χ1n) is 6.71. The molecule has 0 aromatic carbocycles. The maximum atomic E-state index is 3.67. The predicted octanol–water partition coefficient (Wildman–Crippen LogP) is 2.11. The molecule has 1 atom stereocenters. The molecule has 1 aliphatic heterocycles. The molecule has 2 rings (SSSR count). The summed E-state index contributed by atoms with van der Waals surface area (Å²) in [6, 6.07) is 0.817. The minimum Gasteiger partial charge on any atom is -0.311 e. The molecule has 1 heterocycles. The monoisotopic (exact) mass is 210 g/mol. The lowest BCUT2D eigenvalue weighted by Crippen LogP contribution is -2.51. The molecule has 2 heteroatoms. The molecule has 1 N–H and O–H groups in total. The summed E-state index contributed by atoms with van der Waals surface area (Å²) in [5.74, 6) is 1.88. The number of rotatable bonds is 5. The van der Waals surface area contributed by atoms with Gasteiger partial charge in [-0.2, -0.15) is 0 Å². The van der Waals surface area contributed by atoms with Crippen molar-refractivity contribution >= 4 is 0 Å². The van der Waals surface area contributed by atoms with Crippen molar-refractivity contribution in [2.24, 2.45) is 11.8 Å². The Morgan fingerprint density at radius 1 is 1.33 bits per heavy atom. The Bertz CT molecular complexity index is 187. The first-order chi connectivity index (χ1) is 7.25. The summed E-state index contributed by atoms with van der Waals surface area (Å²) < 4.78 is 0. The van der Waals surface area contributed by atoms with Crippen LogP contribution >= 0.6 is 0 Å². The van der Waals surface area contributed by atoms with E-state index in [1.807, 2.05) is 0 Å². The van der Waals surface area contributed by atoms with Gasteiger partial charge in [-0.15, -0.1) is 0 Å². The molecular weight excluding hydrogens is 184 g/mol. The van der Waals surface area contributed by atoms with Gasteiger partial charge in [0, 0.05) is 25.7 Å². The van der Waals surface area contributed by atoms with Crippen LogP contribution in [0.2, 0.25) is 0 Å². The van der Waals surface area contributed by atoms with Gasteiger partial charge in [0.25, 0.3) is 0 Å². The molecule has 0 amide bonds. The summed E-state index contributed by atoms with van der Waals surface area (Å²) in [5.41, 5.74) is 0. The minimum atomic E-state index is 0.817. The van der Waals surface area contributed by atoms with E-state index in [0.29, 0.717) is 0 Å². The van der Waals surface area contributed by atoms with E-state index in [2.05, 4.69) is 24.1 Å². The largest absolute Gasteiger partial charge is 0.311 e. The summed E-state index contributed by atoms with van der Waals surface area (Å²) in [4.78, 5) is 2.67. The lowest BCUT2D eigenvalue weighted by molar-refractivity contribution is 0.184. The third-order valence-corrected chi connectivity index (χ3v) is 3.74. The van der Waals surface area contributed by atoms with E-state index in [4.69, 9.17) is 0 Å². The molecule has 1 saturated carbocycles. The number of hydrogen-bond donors (Lipinski definition) is 1. The van der Waals surface area contributed by atoms with E-state index in [9.17, 15) is 0 Å². The highest BCUT2D eigenvalue weighted by Gasteiger charge is 2.33. The number of hydrogen-bond acceptors (Lipinski definition) is 2. The van der Waals surface area contributed by atoms with Crippen molar-refractivity contribution in [1.29, 1.82) is 0 Å². The molecule has 0 bridgehead atoms. The average Bonchev–Trinajstić information content (AvgIpc) is 3.01. The van der Waals surface area contributed by atoms with Crippen molar-refractivity contribution in [2.75, 3.05) is 26.2 Å². The molecule has 0 aromatic rings. The van der Waals surface area contributed by atoms with E-state index in [1.54, 1.807) is 0 Å². The van der Waals surface area contributed by atoms with Crippen molar-refractivity contribution < 1.29 is 0 Å². The molecule has 2 fully saturated rings. The molecule has 88 valence electrons.